The first kappa shape index (κ1) is 14.6. The summed E-state index contributed by atoms with van der Waals surface area (Å²) in [5.41, 5.74) is 6.71. The number of carbonyl (C=O) groups is 1. The lowest BCUT2D eigenvalue weighted by molar-refractivity contribution is -0.117. The number of aliphatic imine (C=N–C) groups is 1. The van der Waals surface area contributed by atoms with E-state index in [4.69, 9.17) is 5.73 Å². The van der Waals surface area contributed by atoms with E-state index < -0.39 is 0 Å². The molecule has 0 aliphatic heterocycles. The Balaban J connectivity index is 4.17. The number of nitrogens with two attached hydrogens (primary N) is 1. The summed E-state index contributed by atoms with van der Waals surface area (Å²) in [4.78, 5) is 14.9. The lowest BCUT2D eigenvalue weighted by Gasteiger charge is -2.16. The largest absolute Gasteiger partial charge is 0.368 e. The first-order valence-electron chi connectivity index (χ1n) is 5.56. The summed E-state index contributed by atoms with van der Waals surface area (Å²) in [6.07, 6.45) is 1.29. The highest BCUT2D eigenvalue weighted by molar-refractivity contribution is 5.83. The van der Waals surface area contributed by atoms with Crippen molar-refractivity contribution in [3.8, 4) is 0 Å². The average molecular weight is 226 g/mol. The topological polar surface area (TPSA) is 71.0 Å². The van der Waals surface area contributed by atoms with Crippen molar-refractivity contribution in [3.63, 3.8) is 0 Å². The molecule has 5 heteroatoms. The van der Waals surface area contributed by atoms with Crippen LogP contribution in [-0.4, -0.2) is 35.6 Å². The Hall–Kier alpha value is -1.39. The van der Waals surface area contributed by atoms with Gasteiger partial charge < -0.3 is 10.5 Å². The Bertz CT molecular complexity index is 280. The predicted molar refractivity (Wildman–Crippen MR) is 67.6 cm³/mol. The third kappa shape index (κ3) is 6.98. The fourth-order valence-electron chi connectivity index (χ4n) is 1.13. The number of hydrogen-bond donors (Lipinski definition) is 1. The second-order valence-electron chi connectivity index (χ2n) is 3.81. The SMILES string of the molecule is CCN(N=C(C)C)C(N)=NCCCC(C)=O. The first-order valence-corrected chi connectivity index (χ1v) is 5.56. The van der Waals surface area contributed by atoms with Crippen LogP contribution >= 0.6 is 0 Å². The summed E-state index contributed by atoms with van der Waals surface area (Å²) >= 11 is 0. The maximum absolute atomic E-state index is 10.7. The molecule has 0 radical (unpaired) electrons. The van der Waals surface area contributed by atoms with Crippen LogP contribution in [0.1, 0.15) is 40.5 Å². The molecule has 0 amide bonds. The van der Waals surface area contributed by atoms with E-state index in [0.29, 0.717) is 25.5 Å². The van der Waals surface area contributed by atoms with E-state index in [9.17, 15) is 4.79 Å². The number of ketones is 1. The van der Waals surface area contributed by atoms with Crippen molar-refractivity contribution >= 4 is 17.5 Å². The second-order valence-corrected chi connectivity index (χ2v) is 3.81. The molecule has 0 heterocycles. The zero-order valence-electron chi connectivity index (χ0n) is 10.7. The monoisotopic (exact) mass is 226 g/mol. The van der Waals surface area contributed by atoms with Gasteiger partial charge in [0.2, 0.25) is 5.96 Å². The molecular formula is C11H22N4O. The fourth-order valence-corrected chi connectivity index (χ4v) is 1.13. The minimum Gasteiger partial charge on any atom is -0.368 e. The van der Waals surface area contributed by atoms with Crippen LogP contribution < -0.4 is 5.73 Å². The van der Waals surface area contributed by atoms with Gasteiger partial charge in [-0.2, -0.15) is 5.10 Å². The van der Waals surface area contributed by atoms with Crippen LogP contribution in [0.5, 0.6) is 0 Å². The molecule has 92 valence electrons. The molecule has 0 saturated carbocycles. The van der Waals surface area contributed by atoms with E-state index >= 15 is 0 Å². The third-order valence-corrected chi connectivity index (χ3v) is 1.85. The van der Waals surface area contributed by atoms with Crippen LogP contribution in [0, 0.1) is 0 Å². The van der Waals surface area contributed by atoms with E-state index in [-0.39, 0.29) is 5.78 Å². The Morgan fingerprint density at radius 2 is 1.94 bits per heavy atom. The summed E-state index contributed by atoms with van der Waals surface area (Å²) in [6, 6.07) is 0. The van der Waals surface area contributed by atoms with Gasteiger partial charge in [-0.25, -0.2) is 5.01 Å². The lowest BCUT2D eigenvalue weighted by Crippen LogP contribution is -2.33. The first-order chi connectivity index (χ1) is 7.47. The van der Waals surface area contributed by atoms with Crippen LogP contribution in [0.2, 0.25) is 0 Å². The fraction of sp³-hybridized carbons (Fsp3) is 0.727. The van der Waals surface area contributed by atoms with Gasteiger partial charge in [0.25, 0.3) is 0 Å². The molecule has 0 atom stereocenters. The van der Waals surface area contributed by atoms with E-state index in [0.717, 1.165) is 12.1 Å². The maximum atomic E-state index is 10.7. The highest BCUT2D eigenvalue weighted by Gasteiger charge is 2.02. The standard InChI is InChI=1S/C11H22N4O/c1-5-15(14-9(2)3)11(12)13-8-6-7-10(4)16/h5-8H2,1-4H3,(H2,12,13). The molecule has 0 saturated heterocycles. The number of hydrazone groups is 1. The average Bonchev–Trinajstić information content (AvgIpc) is 2.20. The minimum atomic E-state index is 0.184. The summed E-state index contributed by atoms with van der Waals surface area (Å²) in [5, 5.41) is 5.89. The van der Waals surface area contributed by atoms with Crippen LogP contribution in [0.3, 0.4) is 0 Å². The van der Waals surface area contributed by atoms with Crippen molar-refractivity contribution < 1.29 is 4.79 Å². The van der Waals surface area contributed by atoms with E-state index in [2.05, 4.69) is 10.1 Å². The number of guanidine groups is 1. The number of hydrogen-bond acceptors (Lipinski definition) is 3. The number of carbonyl (C=O) groups excluding carboxylic acids is 1. The summed E-state index contributed by atoms with van der Waals surface area (Å²) in [6.45, 7) is 8.62. The van der Waals surface area contributed by atoms with Gasteiger partial charge in [-0.05, 0) is 34.1 Å². The molecule has 2 N–H and O–H groups in total. The van der Waals surface area contributed by atoms with Crippen molar-refractivity contribution in [2.45, 2.75) is 40.5 Å². The summed E-state index contributed by atoms with van der Waals surface area (Å²) in [5.74, 6) is 0.593. The van der Waals surface area contributed by atoms with E-state index in [1.165, 1.54) is 0 Å². The van der Waals surface area contributed by atoms with Gasteiger partial charge >= 0.3 is 0 Å². The minimum absolute atomic E-state index is 0.184. The summed E-state index contributed by atoms with van der Waals surface area (Å²) < 4.78 is 0. The number of Topliss-reactive ketones (excluding diaryl/α,β-unsaturated/α-hetero) is 1. The maximum Gasteiger partial charge on any atom is 0.212 e. The van der Waals surface area contributed by atoms with Crippen LogP contribution in [0.4, 0.5) is 0 Å². The van der Waals surface area contributed by atoms with Crippen molar-refractivity contribution in [2.24, 2.45) is 15.8 Å². The molecule has 0 aromatic carbocycles. The van der Waals surface area contributed by atoms with Gasteiger partial charge in [0.05, 0.1) is 0 Å². The quantitative estimate of drug-likeness (QED) is 0.322. The normalized spacial score (nSPS) is 11.1. The Morgan fingerprint density at radius 3 is 2.38 bits per heavy atom. The van der Waals surface area contributed by atoms with E-state index in [1.807, 2.05) is 20.8 Å². The molecule has 0 bridgehead atoms. The zero-order chi connectivity index (χ0) is 12.6. The Labute approximate surface area is 97.4 Å². The van der Waals surface area contributed by atoms with Gasteiger partial charge in [0.1, 0.15) is 5.78 Å². The van der Waals surface area contributed by atoms with E-state index in [1.54, 1.807) is 11.9 Å². The van der Waals surface area contributed by atoms with Gasteiger partial charge in [-0.3, -0.25) is 4.99 Å². The number of rotatable bonds is 6. The molecule has 0 aliphatic carbocycles. The summed E-state index contributed by atoms with van der Waals surface area (Å²) in [7, 11) is 0. The van der Waals surface area contributed by atoms with Gasteiger partial charge in [0.15, 0.2) is 0 Å². The molecule has 0 unspecified atom stereocenters. The molecule has 0 rings (SSSR count). The van der Waals surface area contributed by atoms with Gasteiger partial charge in [-0.1, -0.05) is 0 Å². The van der Waals surface area contributed by atoms with Gasteiger partial charge in [0, 0.05) is 25.2 Å². The number of nitrogens with zero attached hydrogens (tertiary/aromatic N) is 3. The van der Waals surface area contributed by atoms with Crippen molar-refractivity contribution in [1.82, 2.24) is 5.01 Å². The molecule has 16 heavy (non-hydrogen) atoms. The van der Waals surface area contributed by atoms with Crippen LogP contribution in [0.15, 0.2) is 10.1 Å². The molecule has 0 aliphatic rings. The Kier molecular flexibility index (Phi) is 7.16. The van der Waals surface area contributed by atoms with Crippen LogP contribution in [0.25, 0.3) is 0 Å². The molecule has 0 aromatic rings. The smallest absolute Gasteiger partial charge is 0.212 e. The van der Waals surface area contributed by atoms with Crippen molar-refractivity contribution in [1.29, 1.82) is 0 Å². The highest BCUT2D eigenvalue weighted by atomic mass is 16.1. The molecule has 0 fully saturated rings. The highest BCUT2D eigenvalue weighted by Crippen LogP contribution is 1.94. The molecule has 0 spiro atoms. The third-order valence-electron chi connectivity index (χ3n) is 1.85. The second kappa shape index (κ2) is 7.84. The van der Waals surface area contributed by atoms with Crippen LogP contribution in [-0.2, 0) is 4.79 Å². The predicted octanol–water partition coefficient (Wildman–Crippen LogP) is 1.39. The zero-order valence-corrected chi connectivity index (χ0v) is 10.7. The molecular weight excluding hydrogens is 204 g/mol. The molecule has 0 aromatic heterocycles. The van der Waals surface area contributed by atoms with Crippen molar-refractivity contribution in [2.75, 3.05) is 13.1 Å². The van der Waals surface area contributed by atoms with Crippen molar-refractivity contribution in [3.05, 3.63) is 0 Å². The Morgan fingerprint density at radius 1 is 1.31 bits per heavy atom. The lowest BCUT2D eigenvalue weighted by atomic mass is 10.2. The molecule has 5 nitrogen and oxygen atoms in total. The van der Waals surface area contributed by atoms with Gasteiger partial charge in [-0.15, -0.1) is 0 Å².